The van der Waals surface area contributed by atoms with Crippen molar-refractivity contribution in [2.45, 2.75) is 32.1 Å². The van der Waals surface area contributed by atoms with Crippen molar-refractivity contribution in [1.82, 2.24) is 0 Å². The first-order valence-electron chi connectivity index (χ1n) is 8.17. The van der Waals surface area contributed by atoms with Gasteiger partial charge in [-0.3, -0.25) is 0 Å². The van der Waals surface area contributed by atoms with Gasteiger partial charge in [0.1, 0.15) is 5.75 Å². The fourth-order valence-corrected chi connectivity index (χ4v) is 3.78. The molecule has 0 heterocycles. The lowest BCUT2D eigenvalue weighted by Crippen LogP contribution is -1.97. The second-order valence-corrected chi connectivity index (χ2v) is 6.15. The average molecular weight is 288 g/mol. The van der Waals surface area contributed by atoms with E-state index in [1.54, 1.807) is 0 Å². The summed E-state index contributed by atoms with van der Waals surface area (Å²) < 4.78 is 0. The quantitative estimate of drug-likeness (QED) is 0.588. The minimum atomic E-state index is 0.502. The Balaban J connectivity index is 2.11. The fourth-order valence-electron chi connectivity index (χ4n) is 3.78. The van der Waals surface area contributed by atoms with E-state index in [4.69, 9.17) is 0 Å². The van der Waals surface area contributed by atoms with E-state index < -0.39 is 0 Å². The lowest BCUT2D eigenvalue weighted by Gasteiger charge is -2.18. The molecule has 0 bridgehead atoms. The Hall–Kier alpha value is -2.28. The molecule has 1 nitrogen and oxygen atoms in total. The molecule has 1 aliphatic rings. The smallest absolute Gasteiger partial charge is 0.127 e. The lowest BCUT2D eigenvalue weighted by atomic mass is 9.88. The molecule has 3 aromatic rings. The molecule has 0 aromatic heterocycles. The molecular weight excluding hydrogens is 268 g/mol. The largest absolute Gasteiger partial charge is 0.507 e. The molecule has 1 N–H and O–H groups in total. The Morgan fingerprint density at radius 2 is 1.27 bits per heavy atom. The molecule has 110 valence electrons. The number of phenols is 1. The zero-order valence-corrected chi connectivity index (χ0v) is 12.7. The van der Waals surface area contributed by atoms with Gasteiger partial charge in [0.15, 0.2) is 0 Å². The van der Waals surface area contributed by atoms with Gasteiger partial charge in [-0.25, -0.2) is 0 Å². The van der Waals surface area contributed by atoms with E-state index in [1.165, 1.54) is 41.2 Å². The summed E-state index contributed by atoms with van der Waals surface area (Å²) in [6, 6.07) is 18.8. The minimum absolute atomic E-state index is 0.502. The van der Waals surface area contributed by atoms with Crippen LogP contribution in [-0.4, -0.2) is 5.11 Å². The number of aryl methyl sites for hydroxylation is 1. The van der Waals surface area contributed by atoms with Gasteiger partial charge in [0.25, 0.3) is 0 Å². The highest BCUT2D eigenvalue weighted by atomic mass is 16.3. The van der Waals surface area contributed by atoms with E-state index in [0.717, 1.165) is 24.0 Å². The van der Waals surface area contributed by atoms with Crippen molar-refractivity contribution in [3.05, 3.63) is 65.7 Å². The van der Waals surface area contributed by atoms with Crippen LogP contribution in [0.1, 0.15) is 30.4 Å². The molecule has 22 heavy (non-hydrogen) atoms. The molecule has 0 saturated heterocycles. The van der Waals surface area contributed by atoms with Crippen LogP contribution < -0.4 is 0 Å². The second-order valence-electron chi connectivity index (χ2n) is 6.15. The molecule has 3 aromatic carbocycles. The van der Waals surface area contributed by atoms with Gasteiger partial charge in [0, 0.05) is 5.56 Å². The van der Waals surface area contributed by atoms with E-state index in [1.807, 2.05) is 18.2 Å². The first-order chi connectivity index (χ1) is 10.9. The number of hydrogen-bond donors (Lipinski definition) is 1. The van der Waals surface area contributed by atoms with Crippen LogP contribution in [0, 0.1) is 0 Å². The highest BCUT2D eigenvalue weighted by Crippen LogP contribution is 2.43. The zero-order chi connectivity index (χ0) is 14.9. The topological polar surface area (TPSA) is 20.2 Å². The van der Waals surface area contributed by atoms with E-state index in [-0.39, 0.29) is 0 Å². The van der Waals surface area contributed by atoms with Crippen molar-refractivity contribution < 1.29 is 5.11 Å². The standard InChI is InChI=1S/C21H20O/c22-21-19-14-6-2-5-11-17(19)16-12-7-8-13-18(16)20(21)15-9-3-1-4-10-15/h1,3-4,7-10,12-13,22H,2,5-6,11,14H2. The third-order valence-electron chi connectivity index (χ3n) is 4.82. The van der Waals surface area contributed by atoms with Crippen LogP contribution in [0.4, 0.5) is 0 Å². The minimum Gasteiger partial charge on any atom is -0.507 e. The summed E-state index contributed by atoms with van der Waals surface area (Å²) in [6.07, 6.45) is 5.72. The molecule has 0 atom stereocenters. The Labute approximate surface area is 131 Å². The van der Waals surface area contributed by atoms with Crippen LogP contribution in [0.3, 0.4) is 0 Å². The van der Waals surface area contributed by atoms with E-state index >= 15 is 0 Å². The monoisotopic (exact) mass is 288 g/mol. The molecule has 0 saturated carbocycles. The zero-order valence-electron chi connectivity index (χ0n) is 12.7. The van der Waals surface area contributed by atoms with Crippen molar-refractivity contribution in [2.24, 2.45) is 0 Å². The van der Waals surface area contributed by atoms with E-state index in [9.17, 15) is 5.11 Å². The maximum Gasteiger partial charge on any atom is 0.127 e. The molecule has 0 amide bonds. The van der Waals surface area contributed by atoms with Gasteiger partial charge in [0.05, 0.1) is 0 Å². The van der Waals surface area contributed by atoms with Gasteiger partial charge in [-0.1, -0.05) is 61.0 Å². The van der Waals surface area contributed by atoms with Gasteiger partial charge >= 0.3 is 0 Å². The average Bonchev–Trinajstić information content (AvgIpc) is 2.82. The molecule has 0 unspecified atom stereocenters. The number of hydrogen-bond acceptors (Lipinski definition) is 1. The first-order valence-corrected chi connectivity index (χ1v) is 8.17. The molecular formula is C21H20O. The maximum absolute atomic E-state index is 11.0. The Morgan fingerprint density at radius 1 is 0.636 bits per heavy atom. The van der Waals surface area contributed by atoms with Crippen molar-refractivity contribution in [2.75, 3.05) is 0 Å². The number of rotatable bonds is 1. The normalized spacial score (nSPS) is 14.5. The summed E-state index contributed by atoms with van der Waals surface area (Å²) in [7, 11) is 0. The first kappa shape index (κ1) is 13.4. The van der Waals surface area contributed by atoms with E-state index in [0.29, 0.717) is 5.75 Å². The Morgan fingerprint density at radius 3 is 2.05 bits per heavy atom. The summed E-state index contributed by atoms with van der Waals surface area (Å²) in [4.78, 5) is 0. The van der Waals surface area contributed by atoms with Crippen molar-refractivity contribution >= 4 is 10.8 Å². The molecule has 0 aliphatic heterocycles. The highest BCUT2D eigenvalue weighted by molar-refractivity contribution is 6.02. The SMILES string of the molecule is Oc1c2c(c3ccccc3c1-c1ccccc1)CCCCC2. The maximum atomic E-state index is 11.0. The van der Waals surface area contributed by atoms with Gasteiger partial charge in [-0.2, -0.15) is 0 Å². The highest BCUT2D eigenvalue weighted by Gasteiger charge is 2.20. The molecule has 1 aliphatic carbocycles. The number of benzene rings is 3. The molecule has 0 fully saturated rings. The number of fused-ring (bicyclic) bond motifs is 3. The van der Waals surface area contributed by atoms with Gasteiger partial charge < -0.3 is 5.11 Å². The predicted octanol–water partition coefficient (Wildman–Crippen LogP) is 5.48. The van der Waals surface area contributed by atoms with Gasteiger partial charge in [-0.05, 0) is 53.1 Å². The summed E-state index contributed by atoms with van der Waals surface area (Å²) >= 11 is 0. The lowest BCUT2D eigenvalue weighted by molar-refractivity contribution is 0.470. The predicted molar refractivity (Wildman–Crippen MR) is 92.3 cm³/mol. The van der Waals surface area contributed by atoms with Gasteiger partial charge in [-0.15, -0.1) is 0 Å². The molecule has 0 spiro atoms. The third-order valence-corrected chi connectivity index (χ3v) is 4.82. The number of aromatic hydroxyl groups is 1. The van der Waals surface area contributed by atoms with Crippen LogP contribution >= 0.6 is 0 Å². The van der Waals surface area contributed by atoms with Crippen LogP contribution in [0.2, 0.25) is 0 Å². The van der Waals surface area contributed by atoms with E-state index in [2.05, 4.69) is 36.4 Å². The third kappa shape index (κ3) is 2.09. The van der Waals surface area contributed by atoms with Gasteiger partial charge in [0.2, 0.25) is 0 Å². The van der Waals surface area contributed by atoms with Crippen LogP contribution in [-0.2, 0) is 12.8 Å². The Bertz CT molecular complexity index is 818. The summed E-state index contributed by atoms with van der Waals surface area (Å²) in [5, 5.41) is 13.5. The van der Waals surface area contributed by atoms with Crippen LogP contribution in [0.5, 0.6) is 5.75 Å². The molecule has 0 radical (unpaired) electrons. The molecule has 4 rings (SSSR count). The summed E-state index contributed by atoms with van der Waals surface area (Å²) in [5.74, 6) is 0.502. The van der Waals surface area contributed by atoms with Crippen LogP contribution in [0.15, 0.2) is 54.6 Å². The number of phenolic OH excluding ortho intramolecular Hbond substituents is 1. The Kier molecular flexibility index (Phi) is 3.34. The van der Waals surface area contributed by atoms with Crippen molar-refractivity contribution in [3.8, 4) is 16.9 Å². The van der Waals surface area contributed by atoms with Crippen LogP contribution in [0.25, 0.3) is 21.9 Å². The summed E-state index contributed by atoms with van der Waals surface area (Å²) in [5.41, 5.74) is 4.64. The second kappa shape index (κ2) is 5.49. The molecule has 1 heteroatoms. The van der Waals surface area contributed by atoms with Crippen molar-refractivity contribution in [1.29, 1.82) is 0 Å². The van der Waals surface area contributed by atoms with Crippen molar-refractivity contribution in [3.63, 3.8) is 0 Å². The fraction of sp³-hybridized carbons (Fsp3) is 0.238. The summed E-state index contributed by atoms with van der Waals surface area (Å²) in [6.45, 7) is 0.